The van der Waals surface area contributed by atoms with Crippen LogP contribution in [0.5, 0.6) is 11.5 Å². The lowest BCUT2D eigenvalue weighted by Crippen LogP contribution is -2.04. The predicted octanol–water partition coefficient (Wildman–Crippen LogP) is 5.97. The van der Waals surface area contributed by atoms with E-state index in [0.717, 1.165) is 35.3 Å². The average Bonchev–Trinajstić information content (AvgIpc) is 2.79. The monoisotopic (exact) mass is 422 g/mol. The maximum atomic E-state index is 14.6. The van der Waals surface area contributed by atoms with Crippen LogP contribution in [0.15, 0.2) is 66.7 Å². The Morgan fingerprint density at radius 3 is 2.32 bits per heavy atom. The average molecular weight is 422 g/mol. The number of benzene rings is 3. The highest BCUT2D eigenvalue weighted by Crippen LogP contribution is 2.28. The zero-order chi connectivity index (χ0) is 22.1. The lowest BCUT2D eigenvalue weighted by Gasteiger charge is -2.13. The summed E-state index contributed by atoms with van der Waals surface area (Å²) >= 11 is 0. The lowest BCUT2D eigenvalue weighted by molar-refractivity contribution is -0.143. The molecule has 0 atom stereocenters. The van der Waals surface area contributed by atoms with Gasteiger partial charge in [-0.15, -0.1) is 0 Å². The van der Waals surface area contributed by atoms with Crippen molar-refractivity contribution in [1.82, 2.24) is 0 Å². The highest BCUT2D eigenvalue weighted by molar-refractivity contribution is 5.69. The zero-order valence-corrected chi connectivity index (χ0v) is 17.9. The van der Waals surface area contributed by atoms with Crippen molar-refractivity contribution >= 4 is 5.97 Å². The summed E-state index contributed by atoms with van der Waals surface area (Å²) in [5, 5.41) is 0. The van der Waals surface area contributed by atoms with Gasteiger partial charge in [0.05, 0.1) is 13.7 Å². The van der Waals surface area contributed by atoms with Gasteiger partial charge in [-0.3, -0.25) is 4.79 Å². The first-order chi connectivity index (χ1) is 15.1. The molecule has 0 aliphatic carbocycles. The normalized spacial score (nSPS) is 10.5. The second-order valence-electron chi connectivity index (χ2n) is 7.09. The molecule has 0 saturated heterocycles. The lowest BCUT2D eigenvalue weighted by atomic mass is 9.99. The van der Waals surface area contributed by atoms with Gasteiger partial charge in [-0.2, -0.15) is 0 Å². The van der Waals surface area contributed by atoms with E-state index in [0.29, 0.717) is 24.3 Å². The largest absolute Gasteiger partial charge is 0.497 e. The third-order valence-electron chi connectivity index (χ3n) is 4.98. The molecule has 0 heterocycles. The fraction of sp³-hybridized carbons (Fsp3) is 0.269. The van der Waals surface area contributed by atoms with E-state index >= 15 is 0 Å². The summed E-state index contributed by atoms with van der Waals surface area (Å²) < 4.78 is 30.6. The minimum absolute atomic E-state index is 0.121. The molecular weight excluding hydrogens is 395 g/mol. The summed E-state index contributed by atoms with van der Waals surface area (Å²) in [6.07, 6.45) is 1.93. The fourth-order valence-corrected chi connectivity index (χ4v) is 3.32. The van der Waals surface area contributed by atoms with Gasteiger partial charge < -0.3 is 14.2 Å². The Morgan fingerprint density at radius 2 is 1.65 bits per heavy atom. The molecule has 162 valence electrons. The molecule has 3 aromatic rings. The third-order valence-corrected chi connectivity index (χ3v) is 4.98. The van der Waals surface area contributed by atoms with Crippen LogP contribution in [0.2, 0.25) is 0 Å². The molecule has 4 nitrogen and oxygen atoms in total. The van der Waals surface area contributed by atoms with Gasteiger partial charge in [0.15, 0.2) is 0 Å². The van der Waals surface area contributed by atoms with Crippen molar-refractivity contribution in [1.29, 1.82) is 0 Å². The molecule has 0 bridgehead atoms. The summed E-state index contributed by atoms with van der Waals surface area (Å²) in [7, 11) is 1.61. The Bertz CT molecular complexity index is 981. The molecule has 3 aromatic carbocycles. The molecule has 0 amide bonds. The number of carbonyl (C=O) groups excluding carboxylic acids is 1. The number of carbonyl (C=O) groups is 1. The van der Waals surface area contributed by atoms with Crippen LogP contribution in [0.1, 0.15) is 30.9 Å². The molecule has 0 fully saturated rings. The van der Waals surface area contributed by atoms with E-state index in [1.165, 1.54) is 6.07 Å². The van der Waals surface area contributed by atoms with Gasteiger partial charge in [0, 0.05) is 12.0 Å². The summed E-state index contributed by atoms with van der Waals surface area (Å²) in [5.74, 6) is 0.947. The molecule has 0 aliphatic heterocycles. The standard InChI is InChI=1S/C26H27FO4/c1-3-30-26(28)9-4-6-19-10-14-22(15-11-19)31-18-24-23(7-5-8-25(24)27)20-12-16-21(29-2)17-13-20/h5,7-8,10-17H,3-4,6,9,18H2,1-2H3. The first kappa shape index (κ1) is 22.3. The topological polar surface area (TPSA) is 44.8 Å². The molecule has 0 unspecified atom stereocenters. The zero-order valence-electron chi connectivity index (χ0n) is 17.9. The van der Waals surface area contributed by atoms with E-state index < -0.39 is 0 Å². The minimum atomic E-state index is -0.302. The molecule has 3 rings (SSSR count). The van der Waals surface area contributed by atoms with Gasteiger partial charge in [0.2, 0.25) is 0 Å². The number of methoxy groups -OCH3 is 1. The summed E-state index contributed by atoms with van der Waals surface area (Å²) in [4.78, 5) is 11.4. The summed E-state index contributed by atoms with van der Waals surface area (Å²) in [6, 6.07) is 20.2. The fourth-order valence-electron chi connectivity index (χ4n) is 3.32. The molecule has 31 heavy (non-hydrogen) atoms. The molecule has 0 aliphatic rings. The molecule has 0 saturated carbocycles. The molecule has 0 spiro atoms. The smallest absolute Gasteiger partial charge is 0.305 e. The van der Waals surface area contributed by atoms with Crippen molar-refractivity contribution in [3.63, 3.8) is 0 Å². The second-order valence-corrected chi connectivity index (χ2v) is 7.09. The summed E-state index contributed by atoms with van der Waals surface area (Å²) in [6.45, 7) is 2.33. The first-order valence-corrected chi connectivity index (χ1v) is 10.4. The third kappa shape index (κ3) is 6.32. The van der Waals surface area contributed by atoms with Crippen LogP contribution in [0, 0.1) is 5.82 Å². The van der Waals surface area contributed by atoms with Crippen molar-refractivity contribution in [3.8, 4) is 22.6 Å². The summed E-state index contributed by atoms with van der Waals surface area (Å²) in [5.41, 5.74) is 3.31. The Labute approximate surface area is 182 Å². The van der Waals surface area contributed by atoms with Crippen LogP contribution in [-0.4, -0.2) is 19.7 Å². The van der Waals surface area contributed by atoms with Crippen LogP contribution < -0.4 is 9.47 Å². The van der Waals surface area contributed by atoms with E-state index in [1.54, 1.807) is 20.1 Å². The SMILES string of the molecule is CCOC(=O)CCCc1ccc(OCc2c(F)cccc2-c2ccc(OC)cc2)cc1. The second kappa shape index (κ2) is 11.2. The molecule has 0 radical (unpaired) electrons. The highest BCUT2D eigenvalue weighted by atomic mass is 19.1. The number of rotatable bonds is 10. The van der Waals surface area contributed by atoms with Gasteiger partial charge in [0.1, 0.15) is 23.9 Å². The van der Waals surface area contributed by atoms with Crippen LogP contribution in [-0.2, 0) is 22.6 Å². The number of aryl methyl sites for hydroxylation is 1. The van der Waals surface area contributed by atoms with Gasteiger partial charge in [-0.1, -0.05) is 36.4 Å². The number of esters is 1. The highest BCUT2D eigenvalue weighted by Gasteiger charge is 2.12. The Kier molecular flexibility index (Phi) is 8.05. The van der Waals surface area contributed by atoms with Crippen LogP contribution in [0.25, 0.3) is 11.1 Å². The molecule has 0 aromatic heterocycles. The number of hydrogen-bond acceptors (Lipinski definition) is 4. The number of halogens is 1. The van der Waals surface area contributed by atoms with E-state index in [4.69, 9.17) is 14.2 Å². The van der Waals surface area contributed by atoms with E-state index in [-0.39, 0.29) is 18.4 Å². The van der Waals surface area contributed by atoms with Crippen LogP contribution in [0.4, 0.5) is 4.39 Å². The number of ether oxygens (including phenoxy) is 3. The maximum Gasteiger partial charge on any atom is 0.305 e. The Morgan fingerprint density at radius 1 is 0.935 bits per heavy atom. The quantitative estimate of drug-likeness (QED) is 0.378. The maximum absolute atomic E-state index is 14.6. The van der Waals surface area contributed by atoms with E-state index in [1.807, 2.05) is 54.6 Å². The molecule has 0 N–H and O–H groups in total. The van der Waals surface area contributed by atoms with Crippen molar-refractivity contribution in [2.24, 2.45) is 0 Å². The van der Waals surface area contributed by atoms with Crippen molar-refractivity contribution in [2.75, 3.05) is 13.7 Å². The minimum Gasteiger partial charge on any atom is -0.497 e. The van der Waals surface area contributed by atoms with Gasteiger partial charge in [-0.25, -0.2) is 4.39 Å². The van der Waals surface area contributed by atoms with Crippen molar-refractivity contribution in [2.45, 2.75) is 32.8 Å². The van der Waals surface area contributed by atoms with E-state index in [2.05, 4.69) is 0 Å². The van der Waals surface area contributed by atoms with Crippen LogP contribution in [0.3, 0.4) is 0 Å². The van der Waals surface area contributed by atoms with E-state index in [9.17, 15) is 9.18 Å². The van der Waals surface area contributed by atoms with Gasteiger partial charge in [-0.05, 0) is 66.8 Å². The molecular formula is C26H27FO4. The van der Waals surface area contributed by atoms with Gasteiger partial charge in [0.25, 0.3) is 0 Å². The van der Waals surface area contributed by atoms with Gasteiger partial charge >= 0.3 is 5.97 Å². The number of hydrogen-bond donors (Lipinski definition) is 0. The predicted molar refractivity (Wildman–Crippen MR) is 119 cm³/mol. The van der Waals surface area contributed by atoms with Crippen molar-refractivity contribution in [3.05, 3.63) is 83.7 Å². The van der Waals surface area contributed by atoms with Crippen molar-refractivity contribution < 1.29 is 23.4 Å². The first-order valence-electron chi connectivity index (χ1n) is 10.4. The Hall–Kier alpha value is -3.34. The molecule has 5 heteroatoms. The Balaban J connectivity index is 1.62. The van der Waals surface area contributed by atoms with Crippen LogP contribution >= 0.6 is 0 Å².